The fourth-order valence-electron chi connectivity index (χ4n) is 3.50. The number of carbonyl (C=O) groups excluding carboxylic acids is 1. The number of nitrogens with zero attached hydrogens (tertiary/aromatic N) is 1. The van der Waals surface area contributed by atoms with Gasteiger partial charge in [0.05, 0.1) is 17.7 Å². The van der Waals surface area contributed by atoms with Crippen molar-refractivity contribution in [3.8, 4) is 0 Å². The maximum Gasteiger partial charge on any atom is 0.230 e. The zero-order valence-electron chi connectivity index (χ0n) is 14.9. The third kappa shape index (κ3) is 3.78. The fraction of sp³-hybridized carbons (Fsp3) is 0.450. The number of hydrogen-bond acceptors (Lipinski definition) is 4. The van der Waals surface area contributed by atoms with Gasteiger partial charge in [-0.3, -0.25) is 9.69 Å². The second-order valence-electron chi connectivity index (χ2n) is 6.77. The van der Waals surface area contributed by atoms with Gasteiger partial charge < -0.3 is 14.5 Å². The second kappa shape index (κ2) is 7.85. The molecule has 134 valence electrons. The van der Waals surface area contributed by atoms with Crippen LogP contribution in [0.1, 0.15) is 30.2 Å². The Labute approximate surface area is 149 Å². The minimum Gasteiger partial charge on any atom is -0.468 e. The average molecular weight is 342 g/mol. The lowest BCUT2D eigenvalue weighted by molar-refractivity contribution is -0.130. The van der Waals surface area contributed by atoms with Crippen LogP contribution in [0.4, 0.5) is 0 Å². The van der Waals surface area contributed by atoms with Crippen LogP contribution in [0.3, 0.4) is 0 Å². The summed E-state index contributed by atoms with van der Waals surface area (Å²) in [7, 11) is 3.97. The molecule has 0 saturated carbocycles. The van der Waals surface area contributed by atoms with Crippen LogP contribution in [0.15, 0.2) is 53.1 Å². The van der Waals surface area contributed by atoms with E-state index in [0.29, 0.717) is 32.6 Å². The summed E-state index contributed by atoms with van der Waals surface area (Å²) < 4.78 is 11.0. The van der Waals surface area contributed by atoms with Crippen molar-refractivity contribution in [3.05, 3.63) is 60.1 Å². The molecule has 1 aliphatic heterocycles. The molecule has 0 aliphatic carbocycles. The van der Waals surface area contributed by atoms with E-state index in [1.807, 2.05) is 56.6 Å². The van der Waals surface area contributed by atoms with Crippen LogP contribution in [0.25, 0.3) is 0 Å². The summed E-state index contributed by atoms with van der Waals surface area (Å²) in [5.41, 5.74) is 0.551. The van der Waals surface area contributed by atoms with Gasteiger partial charge in [-0.15, -0.1) is 0 Å². The summed E-state index contributed by atoms with van der Waals surface area (Å²) in [4.78, 5) is 15.3. The molecule has 3 rings (SSSR count). The van der Waals surface area contributed by atoms with Crippen LogP contribution in [0.2, 0.25) is 0 Å². The van der Waals surface area contributed by atoms with Crippen LogP contribution in [0, 0.1) is 0 Å². The average Bonchev–Trinajstić information content (AvgIpc) is 3.17. The fourth-order valence-corrected chi connectivity index (χ4v) is 3.50. The van der Waals surface area contributed by atoms with E-state index in [2.05, 4.69) is 10.2 Å². The van der Waals surface area contributed by atoms with Crippen molar-refractivity contribution >= 4 is 5.91 Å². The van der Waals surface area contributed by atoms with Crippen LogP contribution in [-0.4, -0.2) is 44.7 Å². The molecule has 0 radical (unpaired) electrons. The van der Waals surface area contributed by atoms with Crippen molar-refractivity contribution in [2.45, 2.75) is 24.3 Å². The molecule has 2 heterocycles. The maximum atomic E-state index is 13.2. The van der Waals surface area contributed by atoms with Crippen LogP contribution in [-0.2, 0) is 14.9 Å². The van der Waals surface area contributed by atoms with E-state index in [1.165, 1.54) is 0 Å². The first-order valence-electron chi connectivity index (χ1n) is 8.75. The van der Waals surface area contributed by atoms with Gasteiger partial charge in [-0.05, 0) is 44.6 Å². The summed E-state index contributed by atoms with van der Waals surface area (Å²) in [5.74, 6) is 0.923. The molecule has 1 aromatic carbocycles. The Bertz CT molecular complexity index is 662. The molecule has 1 aromatic heterocycles. The SMILES string of the molecule is CN(C)C(CNC(=O)C1(c2ccccc2)CCOCC1)c1ccco1. The number of ether oxygens (including phenoxy) is 1. The van der Waals surface area contributed by atoms with Gasteiger partial charge in [0.1, 0.15) is 5.76 Å². The Hall–Kier alpha value is -2.11. The molecule has 5 heteroatoms. The van der Waals surface area contributed by atoms with Crippen molar-refractivity contribution in [2.75, 3.05) is 33.9 Å². The zero-order chi connectivity index (χ0) is 17.7. The van der Waals surface area contributed by atoms with Gasteiger partial charge in [0.2, 0.25) is 5.91 Å². The predicted molar refractivity (Wildman–Crippen MR) is 96.3 cm³/mol. The monoisotopic (exact) mass is 342 g/mol. The first-order valence-corrected chi connectivity index (χ1v) is 8.75. The Morgan fingerprint density at radius 1 is 1.16 bits per heavy atom. The number of benzene rings is 1. The Balaban J connectivity index is 1.77. The smallest absolute Gasteiger partial charge is 0.230 e. The number of furan rings is 1. The van der Waals surface area contributed by atoms with Gasteiger partial charge in [-0.1, -0.05) is 30.3 Å². The minimum atomic E-state index is -0.514. The van der Waals surface area contributed by atoms with Crippen LogP contribution in [0.5, 0.6) is 0 Å². The Morgan fingerprint density at radius 2 is 1.88 bits per heavy atom. The molecule has 1 fully saturated rings. The Kier molecular flexibility index (Phi) is 5.56. The van der Waals surface area contributed by atoms with E-state index in [0.717, 1.165) is 11.3 Å². The third-order valence-electron chi connectivity index (χ3n) is 5.06. The van der Waals surface area contributed by atoms with Gasteiger partial charge in [0.25, 0.3) is 0 Å². The molecule has 0 bridgehead atoms. The first kappa shape index (κ1) is 17.7. The molecule has 5 nitrogen and oxygen atoms in total. The molecule has 25 heavy (non-hydrogen) atoms. The highest BCUT2D eigenvalue weighted by Crippen LogP contribution is 2.35. The summed E-state index contributed by atoms with van der Waals surface area (Å²) in [5, 5.41) is 3.17. The lowest BCUT2D eigenvalue weighted by atomic mass is 9.73. The van der Waals surface area contributed by atoms with Crippen molar-refractivity contribution in [2.24, 2.45) is 0 Å². The summed E-state index contributed by atoms with van der Waals surface area (Å²) in [6.07, 6.45) is 3.07. The highest BCUT2D eigenvalue weighted by molar-refractivity contribution is 5.88. The number of rotatable bonds is 6. The number of nitrogens with one attached hydrogen (secondary N) is 1. The second-order valence-corrected chi connectivity index (χ2v) is 6.77. The van der Waals surface area contributed by atoms with Gasteiger partial charge >= 0.3 is 0 Å². The molecular weight excluding hydrogens is 316 g/mol. The topological polar surface area (TPSA) is 54.7 Å². The molecule has 1 atom stereocenters. The van der Waals surface area contributed by atoms with E-state index in [9.17, 15) is 4.79 Å². The molecule has 2 aromatic rings. The van der Waals surface area contributed by atoms with E-state index in [4.69, 9.17) is 9.15 Å². The van der Waals surface area contributed by atoms with Gasteiger partial charge in [-0.25, -0.2) is 0 Å². The van der Waals surface area contributed by atoms with Crippen molar-refractivity contribution in [1.82, 2.24) is 10.2 Å². The summed E-state index contributed by atoms with van der Waals surface area (Å²) in [6.45, 7) is 1.73. The first-order chi connectivity index (χ1) is 12.1. The molecule has 1 N–H and O–H groups in total. The number of carbonyl (C=O) groups is 1. The van der Waals surface area contributed by atoms with Gasteiger partial charge in [-0.2, -0.15) is 0 Å². The summed E-state index contributed by atoms with van der Waals surface area (Å²) >= 11 is 0. The molecule has 1 aliphatic rings. The van der Waals surface area contributed by atoms with E-state index in [1.54, 1.807) is 6.26 Å². The van der Waals surface area contributed by atoms with Crippen molar-refractivity contribution in [1.29, 1.82) is 0 Å². The number of amides is 1. The lowest BCUT2D eigenvalue weighted by Gasteiger charge is -2.37. The zero-order valence-corrected chi connectivity index (χ0v) is 14.9. The van der Waals surface area contributed by atoms with Crippen LogP contribution < -0.4 is 5.32 Å². The highest BCUT2D eigenvalue weighted by atomic mass is 16.5. The standard InChI is InChI=1S/C20H26N2O3/c1-22(2)17(18-9-6-12-25-18)15-21-19(23)20(10-13-24-14-11-20)16-7-4-3-5-8-16/h3-9,12,17H,10-11,13-15H2,1-2H3,(H,21,23). The molecular formula is C20H26N2O3. The van der Waals surface area contributed by atoms with E-state index < -0.39 is 5.41 Å². The maximum absolute atomic E-state index is 13.2. The normalized spacial score (nSPS) is 18.0. The van der Waals surface area contributed by atoms with Gasteiger partial charge in [0.15, 0.2) is 0 Å². The molecule has 1 unspecified atom stereocenters. The van der Waals surface area contributed by atoms with E-state index in [-0.39, 0.29) is 11.9 Å². The van der Waals surface area contributed by atoms with Crippen molar-refractivity contribution < 1.29 is 13.9 Å². The summed E-state index contributed by atoms with van der Waals surface area (Å²) in [6, 6.07) is 13.9. The molecule has 1 amide bonds. The quantitative estimate of drug-likeness (QED) is 0.877. The number of likely N-dealkylation sites (N-methyl/N-ethyl adjacent to an activating group) is 1. The molecule has 1 saturated heterocycles. The van der Waals surface area contributed by atoms with Crippen LogP contribution >= 0.6 is 0 Å². The third-order valence-corrected chi connectivity index (χ3v) is 5.06. The largest absolute Gasteiger partial charge is 0.468 e. The van der Waals surface area contributed by atoms with E-state index >= 15 is 0 Å². The van der Waals surface area contributed by atoms with Gasteiger partial charge in [0, 0.05) is 19.8 Å². The number of hydrogen-bond donors (Lipinski definition) is 1. The molecule has 0 spiro atoms. The highest BCUT2D eigenvalue weighted by Gasteiger charge is 2.41. The van der Waals surface area contributed by atoms with Crippen molar-refractivity contribution in [3.63, 3.8) is 0 Å². The minimum absolute atomic E-state index is 0.00612. The Morgan fingerprint density at radius 3 is 2.48 bits per heavy atom. The lowest BCUT2D eigenvalue weighted by Crippen LogP contribution is -2.49. The predicted octanol–water partition coefficient (Wildman–Crippen LogP) is 2.75.